The van der Waals surface area contributed by atoms with Crippen LogP contribution in [0.4, 0.5) is 0 Å². The minimum Gasteiger partial charge on any atom is -0.294 e. The van der Waals surface area contributed by atoms with Gasteiger partial charge in [0.2, 0.25) is 0 Å². The standard InChI is InChI=1S/C16H14O/c1-11-6-7-14-9-12-4-2-3-5-13(12)10-16(17)15(14)8-11/h2-8H,9-10H2,1H3. The number of hydrogen-bond donors (Lipinski definition) is 0. The molecule has 0 atom stereocenters. The topological polar surface area (TPSA) is 17.1 Å². The third-order valence-electron chi connectivity index (χ3n) is 3.42. The molecule has 0 N–H and O–H groups in total. The van der Waals surface area contributed by atoms with Gasteiger partial charge in [-0.05, 0) is 36.1 Å². The SMILES string of the molecule is Cc1ccc2c(c1)C(=O)Cc1ccccc1C2. The highest BCUT2D eigenvalue weighted by Gasteiger charge is 2.18. The van der Waals surface area contributed by atoms with Crippen LogP contribution in [0.25, 0.3) is 0 Å². The van der Waals surface area contributed by atoms with Crippen LogP contribution in [0.1, 0.15) is 32.6 Å². The maximum atomic E-state index is 12.2. The highest BCUT2D eigenvalue weighted by atomic mass is 16.1. The smallest absolute Gasteiger partial charge is 0.167 e. The number of carbonyl (C=O) groups is 1. The summed E-state index contributed by atoms with van der Waals surface area (Å²) in [5, 5.41) is 0. The van der Waals surface area contributed by atoms with Gasteiger partial charge in [0.05, 0.1) is 0 Å². The van der Waals surface area contributed by atoms with Crippen molar-refractivity contribution in [1.29, 1.82) is 0 Å². The monoisotopic (exact) mass is 222 g/mol. The summed E-state index contributed by atoms with van der Waals surface area (Å²) in [4.78, 5) is 12.2. The van der Waals surface area contributed by atoms with E-state index in [1.807, 2.05) is 25.1 Å². The van der Waals surface area contributed by atoms with Crippen molar-refractivity contribution < 1.29 is 4.79 Å². The van der Waals surface area contributed by atoms with Crippen molar-refractivity contribution in [2.75, 3.05) is 0 Å². The molecule has 0 aromatic heterocycles. The van der Waals surface area contributed by atoms with Gasteiger partial charge in [-0.1, -0.05) is 42.0 Å². The third kappa shape index (κ3) is 1.78. The van der Waals surface area contributed by atoms with Crippen molar-refractivity contribution in [1.82, 2.24) is 0 Å². The summed E-state index contributed by atoms with van der Waals surface area (Å²) in [7, 11) is 0. The lowest BCUT2D eigenvalue weighted by atomic mass is 9.99. The maximum absolute atomic E-state index is 12.2. The fourth-order valence-electron chi connectivity index (χ4n) is 2.48. The van der Waals surface area contributed by atoms with E-state index in [4.69, 9.17) is 0 Å². The summed E-state index contributed by atoms with van der Waals surface area (Å²) in [5.41, 5.74) is 5.67. The minimum atomic E-state index is 0.244. The summed E-state index contributed by atoms with van der Waals surface area (Å²) in [6.45, 7) is 2.03. The van der Waals surface area contributed by atoms with E-state index in [9.17, 15) is 4.79 Å². The molecule has 1 heteroatoms. The summed E-state index contributed by atoms with van der Waals surface area (Å²) in [6.07, 6.45) is 1.41. The van der Waals surface area contributed by atoms with E-state index in [0.717, 1.165) is 23.1 Å². The van der Waals surface area contributed by atoms with Crippen molar-refractivity contribution >= 4 is 5.78 Å². The summed E-state index contributed by atoms with van der Waals surface area (Å²) in [6, 6.07) is 14.4. The lowest BCUT2D eigenvalue weighted by Crippen LogP contribution is -2.04. The van der Waals surface area contributed by atoms with Gasteiger partial charge >= 0.3 is 0 Å². The second-order valence-corrected chi connectivity index (χ2v) is 4.71. The van der Waals surface area contributed by atoms with E-state index < -0.39 is 0 Å². The van der Waals surface area contributed by atoms with Crippen molar-refractivity contribution in [3.63, 3.8) is 0 Å². The molecular weight excluding hydrogens is 208 g/mol. The molecule has 1 aliphatic carbocycles. The average Bonchev–Trinajstić information content (AvgIpc) is 2.46. The van der Waals surface area contributed by atoms with Gasteiger partial charge in [0.25, 0.3) is 0 Å². The first-order valence-corrected chi connectivity index (χ1v) is 5.93. The molecule has 0 saturated carbocycles. The molecule has 84 valence electrons. The van der Waals surface area contributed by atoms with Gasteiger partial charge in [-0.15, -0.1) is 0 Å². The van der Waals surface area contributed by atoms with Crippen molar-refractivity contribution in [2.24, 2.45) is 0 Å². The summed E-state index contributed by atoms with van der Waals surface area (Å²) in [5.74, 6) is 0.244. The number of benzene rings is 2. The average molecular weight is 222 g/mol. The number of ketones is 1. The van der Waals surface area contributed by atoms with Gasteiger partial charge in [0.1, 0.15) is 0 Å². The van der Waals surface area contributed by atoms with Crippen LogP contribution >= 0.6 is 0 Å². The fourth-order valence-corrected chi connectivity index (χ4v) is 2.48. The molecule has 3 rings (SSSR count). The van der Waals surface area contributed by atoms with E-state index in [1.54, 1.807) is 0 Å². The summed E-state index contributed by atoms with van der Waals surface area (Å²) < 4.78 is 0. The Balaban J connectivity index is 2.17. The fraction of sp³-hybridized carbons (Fsp3) is 0.188. The zero-order chi connectivity index (χ0) is 11.8. The van der Waals surface area contributed by atoms with Crippen LogP contribution in [-0.4, -0.2) is 5.78 Å². The van der Waals surface area contributed by atoms with Crippen molar-refractivity contribution in [2.45, 2.75) is 19.8 Å². The third-order valence-corrected chi connectivity index (χ3v) is 3.42. The Morgan fingerprint density at radius 3 is 2.35 bits per heavy atom. The van der Waals surface area contributed by atoms with E-state index in [-0.39, 0.29) is 5.78 Å². The molecule has 0 bridgehead atoms. The van der Waals surface area contributed by atoms with Crippen LogP contribution in [0.2, 0.25) is 0 Å². The van der Waals surface area contributed by atoms with Crippen LogP contribution in [0.5, 0.6) is 0 Å². The van der Waals surface area contributed by atoms with Crippen molar-refractivity contribution in [3.05, 3.63) is 70.3 Å². The molecule has 0 radical (unpaired) electrons. The molecule has 0 fully saturated rings. The molecule has 0 heterocycles. The van der Waals surface area contributed by atoms with Crippen LogP contribution in [-0.2, 0) is 12.8 Å². The van der Waals surface area contributed by atoms with E-state index in [0.29, 0.717) is 6.42 Å². The molecule has 17 heavy (non-hydrogen) atoms. The largest absolute Gasteiger partial charge is 0.294 e. The zero-order valence-electron chi connectivity index (χ0n) is 9.86. The van der Waals surface area contributed by atoms with Crippen molar-refractivity contribution in [3.8, 4) is 0 Å². The van der Waals surface area contributed by atoms with E-state index in [1.165, 1.54) is 11.1 Å². The lowest BCUT2D eigenvalue weighted by Gasteiger charge is -2.05. The van der Waals surface area contributed by atoms with Gasteiger partial charge in [-0.2, -0.15) is 0 Å². The molecule has 0 saturated heterocycles. The Bertz CT molecular complexity index is 596. The molecule has 0 aliphatic heterocycles. The molecule has 2 aromatic carbocycles. The first-order valence-electron chi connectivity index (χ1n) is 5.93. The van der Waals surface area contributed by atoms with Crippen LogP contribution in [0.15, 0.2) is 42.5 Å². The number of rotatable bonds is 0. The lowest BCUT2D eigenvalue weighted by molar-refractivity contribution is 0.0993. The molecule has 0 unspecified atom stereocenters. The summed E-state index contributed by atoms with van der Waals surface area (Å²) >= 11 is 0. The van der Waals surface area contributed by atoms with E-state index >= 15 is 0 Å². The highest BCUT2D eigenvalue weighted by Crippen LogP contribution is 2.24. The van der Waals surface area contributed by atoms with Crippen LogP contribution in [0.3, 0.4) is 0 Å². The number of Topliss-reactive ketones (excluding diaryl/α,β-unsaturated/α-hetero) is 1. The number of aryl methyl sites for hydroxylation is 1. The number of hydrogen-bond acceptors (Lipinski definition) is 1. The second kappa shape index (κ2) is 3.85. The first-order chi connectivity index (χ1) is 8.24. The predicted octanol–water partition coefficient (Wildman–Crippen LogP) is 3.32. The first kappa shape index (κ1) is 10.3. The Labute approximate surface area is 101 Å². The Morgan fingerprint density at radius 2 is 1.59 bits per heavy atom. The van der Waals surface area contributed by atoms with Crippen LogP contribution < -0.4 is 0 Å². The Hall–Kier alpha value is -1.89. The molecular formula is C16H14O. The highest BCUT2D eigenvalue weighted by molar-refractivity contribution is 6.00. The normalized spacial score (nSPS) is 13.8. The molecule has 0 amide bonds. The molecule has 2 aromatic rings. The molecule has 0 spiro atoms. The van der Waals surface area contributed by atoms with Gasteiger partial charge in [0, 0.05) is 12.0 Å². The Morgan fingerprint density at radius 1 is 0.882 bits per heavy atom. The Kier molecular flexibility index (Phi) is 2.32. The van der Waals surface area contributed by atoms with Gasteiger partial charge < -0.3 is 0 Å². The number of fused-ring (bicyclic) bond motifs is 2. The van der Waals surface area contributed by atoms with Gasteiger partial charge in [-0.3, -0.25) is 4.79 Å². The van der Waals surface area contributed by atoms with E-state index in [2.05, 4.69) is 24.3 Å². The second-order valence-electron chi connectivity index (χ2n) is 4.71. The van der Waals surface area contributed by atoms with Crippen LogP contribution in [0, 0.1) is 6.92 Å². The quantitative estimate of drug-likeness (QED) is 0.668. The zero-order valence-corrected chi connectivity index (χ0v) is 9.86. The molecule has 1 aliphatic rings. The maximum Gasteiger partial charge on any atom is 0.167 e. The predicted molar refractivity (Wildman–Crippen MR) is 68.5 cm³/mol. The van der Waals surface area contributed by atoms with Gasteiger partial charge in [-0.25, -0.2) is 0 Å². The number of carbonyl (C=O) groups excluding carboxylic acids is 1. The molecule has 1 nitrogen and oxygen atoms in total. The van der Waals surface area contributed by atoms with Gasteiger partial charge in [0.15, 0.2) is 5.78 Å². The minimum absolute atomic E-state index is 0.244.